The van der Waals surface area contributed by atoms with E-state index in [4.69, 9.17) is 10.00 Å². The summed E-state index contributed by atoms with van der Waals surface area (Å²) in [4.78, 5) is 21.4. The van der Waals surface area contributed by atoms with Crippen LogP contribution in [0.3, 0.4) is 0 Å². The van der Waals surface area contributed by atoms with E-state index >= 15 is 0 Å². The normalized spacial score (nSPS) is 9.47. The second kappa shape index (κ2) is 5.07. The molecule has 0 aromatic heterocycles. The maximum atomic E-state index is 11.4. The number of carbonyl (C=O) groups excluding carboxylic acids is 1. The highest BCUT2D eigenvalue weighted by Crippen LogP contribution is 2.29. The van der Waals surface area contributed by atoms with Gasteiger partial charge in [-0.25, -0.2) is 0 Å². The summed E-state index contributed by atoms with van der Waals surface area (Å²) in [5.74, 6) is -0.276. The predicted molar refractivity (Wildman–Crippen MR) is 59.0 cm³/mol. The number of hydrogen-bond donors (Lipinski definition) is 0. The van der Waals surface area contributed by atoms with Gasteiger partial charge >= 0.3 is 0 Å². The number of nitro benzene ring substituents is 1. The van der Waals surface area contributed by atoms with Crippen LogP contribution in [0.4, 0.5) is 5.69 Å². The van der Waals surface area contributed by atoms with Gasteiger partial charge < -0.3 is 4.74 Å². The summed E-state index contributed by atoms with van der Waals surface area (Å²) in [6.45, 7) is 3.24. The molecule has 6 heteroatoms. The van der Waals surface area contributed by atoms with Crippen LogP contribution in [0.5, 0.6) is 5.75 Å². The summed E-state index contributed by atoms with van der Waals surface area (Å²) in [7, 11) is 0. The van der Waals surface area contributed by atoms with Crippen LogP contribution in [0.2, 0.25) is 0 Å². The fraction of sp³-hybridized carbons (Fsp3) is 0.273. The van der Waals surface area contributed by atoms with Crippen molar-refractivity contribution in [3.63, 3.8) is 0 Å². The van der Waals surface area contributed by atoms with Crippen LogP contribution in [0.1, 0.15) is 29.8 Å². The Morgan fingerprint density at radius 3 is 2.65 bits per heavy atom. The van der Waals surface area contributed by atoms with E-state index in [2.05, 4.69) is 0 Å². The molecule has 0 aliphatic rings. The topological polar surface area (TPSA) is 93.2 Å². The molecule has 0 atom stereocenters. The van der Waals surface area contributed by atoms with Crippen LogP contribution in [0.25, 0.3) is 0 Å². The average molecular weight is 234 g/mol. The number of non-ortho nitro benzene ring substituents is 1. The van der Waals surface area contributed by atoms with Crippen molar-refractivity contribution in [3.8, 4) is 11.8 Å². The van der Waals surface area contributed by atoms with Gasteiger partial charge in [-0.15, -0.1) is 0 Å². The van der Waals surface area contributed by atoms with Gasteiger partial charge in [-0.3, -0.25) is 14.9 Å². The van der Waals surface area contributed by atoms with Gasteiger partial charge in [0.2, 0.25) is 0 Å². The summed E-state index contributed by atoms with van der Waals surface area (Å²) in [6.07, 6.45) is 0. The standard InChI is InChI=1S/C11H10N2O4/c1-3-17-11-8(6-12)4-9(13(15)16)5-10(11)7(2)14/h4-5H,3H2,1-2H3. The molecule has 1 aromatic rings. The van der Waals surface area contributed by atoms with Crippen molar-refractivity contribution < 1.29 is 14.5 Å². The molecule has 0 N–H and O–H groups in total. The molecule has 88 valence electrons. The largest absolute Gasteiger partial charge is 0.492 e. The number of nitro groups is 1. The number of Topliss-reactive ketones (excluding diaryl/α,β-unsaturated/α-hetero) is 1. The Bertz CT molecular complexity index is 517. The third-order valence-corrected chi connectivity index (χ3v) is 2.07. The van der Waals surface area contributed by atoms with Crippen LogP contribution in [-0.2, 0) is 0 Å². The van der Waals surface area contributed by atoms with E-state index in [1.807, 2.05) is 0 Å². The van der Waals surface area contributed by atoms with E-state index in [0.29, 0.717) is 0 Å². The third kappa shape index (κ3) is 2.58. The molecule has 17 heavy (non-hydrogen) atoms. The van der Waals surface area contributed by atoms with E-state index in [9.17, 15) is 14.9 Å². The van der Waals surface area contributed by atoms with Gasteiger partial charge in [0, 0.05) is 12.1 Å². The van der Waals surface area contributed by atoms with Crippen molar-refractivity contribution in [1.82, 2.24) is 0 Å². The Morgan fingerprint density at radius 1 is 1.59 bits per heavy atom. The monoisotopic (exact) mass is 234 g/mol. The molecule has 0 fully saturated rings. The molecule has 1 aromatic carbocycles. The molecule has 0 saturated heterocycles. The summed E-state index contributed by atoms with van der Waals surface area (Å²) >= 11 is 0. The molecular formula is C11H10N2O4. The highest BCUT2D eigenvalue weighted by molar-refractivity contribution is 5.98. The lowest BCUT2D eigenvalue weighted by Crippen LogP contribution is -2.04. The predicted octanol–water partition coefficient (Wildman–Crippen LogP) is 2.07. The van der Waals surface area contributed by atoms with Gasteiger partial charge in [0.25, 0.3) is 5.69 Å². The summed E-state index contributed by atoms with van der Waals surface area (Å²) in [6, 6.07) is 4.00. The molecule has 0 heterocycles. The van der Waals surface area contributed by atoms with Crippen molar-refractivity contribution in [2.45, 2.75) is 13.8 Å². The minimum absolute atomic E-state index is 0.00810. The number of hydrogen-bond acceptors (Lipinski definition) is 5. The first-order chi connectivity index (χ1) is 8.01. The number of nitrogens with zero attached hydrogens (tertiary/aromatic N) is 2. The molecule has 0 amide bonds. The fourth-order valence-corrected chi connectivity index (χ4v) is 1.36. The van der Waals surface area contributed by atoms with Crippen LogP contribution >= 0.6 is 0 Å². The lowest BCUT2D eigenvalue weighted by Gasteiger charge is -2.09. The van der Waals surface area contributed by atoms with Crippen molar-refractivity contribution in [2.24, 2.45) is 0 Å². The molecule has 0 radical (unpaired) electrons. The number of ketones is 1. The highest BCUT2D eigenvalue weighted by Gasteiger charge is 2.20. The SMILES string of the molecule is CCOc1c(C#N)cc([N+](=O)[O-])cc1C(C)=O. The maximum Gasteiger partial charge on any atom is 0.271 e. The molecule has 0 spiro atoms. The minimum atomic E-state index is -0.650. The minimum Gasteiger partial charge on any atom is -0.492 e. The Kier molecular flexibility index (Phi) is 3.78. The van der Waals surface area contributed by atoms with Gasteiger partial charge in [0.05, 0.1) is 17.1 Å². The lowest BCUT2D eigenvalue weighted by atomic mass is 10.1. The van der Waals surface area contributed by atoms with E-state index in [1.165, 1.54) is 6.92 Å². The van der Waals surface area contributed by atoms with Gasteiger partial charge in [-0.1, -0.05) is 0 Å². The van der Waals surface area contributed by atoms with E-state index in [1.54, 1.807) is 13.0 Å². The first-order valence-electron chi connectivity index (χ1n) is 4.87. The summed E-state index contributed by atoms with van der Waals surface area (Å²) < 4.78 is 5.19. The quantitative estimate of drug-likeness (QED) is 0.451. The first-order valence-corrected chi connectivity index (χ1v) is 4.87. The second-order valence-corrected chi connectivity index (χ2v) is 3.23. The van der Waals surface area contributed by atoms with Crippen molar-refractivity contribution in [3.05, 3.63) is 33.4 Å². The van der Waals surface area contributed by atoms with Crippen molar-refractivity contribution >= 4 is 11.5 Å². The number of benzene rings is 1. The van der Waals surface area contributed by atoms with Gasteiger partial charge in [-0.05, 0) is 13.8 Å². The number of rotatable bonds is 4. The first kappa shape index (κ1) is 12.6. The summed E-state index contributed by atoms with van der Waals surface area (Å²) in [5, 5.41) is 19.6. The molecule has 0 unspecified atom stereocenters. The lowest BCUT2D eigenvalue weighted by molar-refractivity contribution is -0.384. The third-order valence-electron chi connectivity index (χ3n) is 2.07. The molecule has 0 aliphatic heterocycles. The zero-order valence-electron chi connectivity index (χ0n) is 9.39. The van der Waals surface area contributed by atoms with Gasteiger partial charge in [0.15, 0.2) is 5.78 Å². The number of ether oxygens (including phenoxy) is 1. The number of nitriles is 1. The van der Waals surface area contributed by atoms with E-state index < -0.39 is 4.92 Å². The van der Waals surface area contributed by atoms with Crippen molar-refractivity contribution in [1.29, 1.82) is 5.26 Å². The fourth-order valence-electron chi connectivity index (χ4n) is 1.36. The average Bonchev–Trinajstić information content (AvgIpc) is 2.28. The molecule has 6 nitrogen and oxygen atoms in total. The molecule has 0 saturated carbocycles. The highest BCUT2D eigenvalue weighted by atomic mass is 16.6. The zero-order valence-corrected chi connectivity index (χ0v) is 9.39. The Morgan fingerprint density at radius 2 is 2.24 bits per heavy atom. The summed E-state index contributed by atoms with van der Waals surface area (Å²) in [5.41, 5.74) is -0.251. The smallest absolute Gasteiger partial charge is 0.271 e. The van der Waals surface area contributed by atoms with Crippen LogP contribution in [0, 0.1) is 21.4 Å². The van der Waals surface area contributed by atoms with E-state index in [0.717, 1.165) is 12.1 Å². The molecule has 0 bridgehead atoms. The van der Waals surface area contributed by atoms with Crippen LogP contribution in [-0.4, -0.2) is 17.3 Å². The van der Waals surface area contributed by atoms with Crippen LogP contribution < -0.4 is 4.74 Å². The Balaban J connectivity index is 3.52. The zero-order chi connectivity index (χ0) is 13.0. The van der Waals surface area contributed by atoms with E-state index in [-0.39, 0.29) is 35.0 Å². The van der Waals surface area contributed by atoms with Gasteiger partial charge in [-0.2, -0.15) is 5.26 Å². The van der Waals surface area contributed by atoms with Crippen LogP contribution in [0.15, 0.2) is 12.1 Å². The molecule has 0 aliphatic carbocycles. The second-order valence-electron chi connectivity index (χ2n) is 3.23. The van der Waals surface area contributed by atoms with Gasteiger partial charge in [0.1, 0.15) is 17.4 Å². The number of carbonyl (C=O) groups is 1. The Labute approximate surface area is 97.6 Å². The maximum absolute atomic E-state index is 11.4. The Hall–Kier alpha value is -2.42. The molecular weight excluding hydrogens is 224 g/mol. The molecule has 1 rings (SSSR count). The van der Waals surface area contributed by atoms with Crippen molar-refractivity contribution in [2.75, 3.05) is 6.61 Å².